The van der Waals surface area contributed by atoms with Gasteiger partial charge in [-0.15, -0.1) is 0 Å². The summed E-state index contributed by atoms with van der Waals surface area (Å²) in [4.78, 5) is 15.8. The highest BCUT2D eigenvalue weighted by atomic mass is 35.5. The van der Waals surface area contributed by atoms with Crippen molar-refractivity contribution in [3.8, 4) is 17.1 Å². The third-order valence-corrected chi connectivity index (χ3v) is 3.39. The van der Waals surface area contributed by atoms with Crippen LogP contribution in [-0.2, 0) is 16.1 Å². The molecule has 0 aliphatic carbocycles. The molecule has 0 spiro atoms. The number of halogens is 1. The summed E-state index contributed by atoms with van der Waals surface area (Å²) in [6.07, 6.45) is 1.60. The lowest BCUT2D eigenvalue weighted by Gasteiger charge is -2.05. The van der Waals surface area contributed by atoms with Crippen LogP contribution >= 0.6 is 11.6 Å². The zero-order valence-electron chi connectivity index (χ0n) is 12.6. The maximum atomic E-state index is 11.7. The van der Waals surface area contributed by atoms with Gasteiger partial charge in [-0.1, -0.05) is 41.9 Å². The Morgan fingerprint density at radius 3 is 2.58 bits per heavy atom. The Morgan fingerprint density at radius 1 is 1.08 bits per heavy atom. The topological polar surface area (TPSA) is 61.6 Å². The molecule has 0 radical (unpaired) electrons. The lowest BCUT2D eigenvalue weighted by atomic mass is 10.2. The summed E-state index contributed by atoms with van der Waals surface area (Å²) in [5.41, 5.74) is 0.911. The third-order valence-electron chi connectivity index (χ3n) is 3.14. The largest absolute Gasteiger partial charge is 0.482 e. The first-order chi connectivity index (χ1) is 11.7. The van der Waals surface area contributed by atoms with Crippen molar-refractivity contribution in [2.75, 3.05) is 6.61 Å². The van der Waals surface area contributed by atoms with E-state index >= 15 is 0 Å². The van der Waals surface area contributed by atoms with Crippen molar-refractivity contribution in [3.63, 3.8) is 0 Å². The van der Waals surface area contributed by atoms with Gasteiger partial charge in [0.2, 0.25) is 5.89 Å². The van der Waals surface area contributed by atoms with Crippen LogP contribution in [0.5, 0.6) is 5.75 Å². The molecule has 2 aromatic carbocycles. The average Bonchev–Trinajstić information content (AvgIpc) is 3.09. The summed E-state index contributed by atoms with van der Waals surface area (Å²) in [5, 5.41) is 0.600. The first-order valence-electron chi connectivity index (χ1n) is 7.25. The van der Waals surface area contributed by atoms with Gasteiger partial charge < -0.3 is 13.9 Å². The number of aromatic nitrogens is 1. The number of hydrogen-bond donors (Lipinski definition) is 0. The highest BCUT2D eigenvalue weighted by molar-refractivity contribution is 6.30. The van der Waals surface area contributed by atoms with Crippen molar-refractivity contribution in [3.05, 3.63) is 71.7 Å². The fraction of sp³-hybridized carbons (Fsp3) is 0.111. The number of rotatable bonds is 6. The number of carbonyl (C=O) groups excluding carboxylic acids is 1. The van der Waals surface area contributed by atoms with E-state index in [-0.39, 0.29) is 13.2 Å². The molecule has 1 aromatic heterocycles. The zero-order valence-corrected chi connectivity index (χ0v) is 13.4. The smallest absolute Gasteiger partial charge is 0.344 e. The van der Waals surface area contributed by atoms with Crippen LogP contribution in [0.4, 0.5) is 0 Å². The molecule has 0 unspecified atom stereocenters. The first-order valence-corrected chi connectivity index (χ1v) is 7.62. The lowest BCUT2D eigenvalue weighted by molar-refractivity contribution is -0.148. The van der Waals surface area contributed by atoms with Gasteiger partial charge in [-0.2, -0.15) is 0 Å². The molecule has 0 N–H and O–H groups in total. The number of ether oxygens (including phenoxy) is 2. The van der Waals surface area contributed by atoms with Gasteiger partial charge in [0.15, 0.2) is 19.0 Å². The molecule has 3 rings (SSSR count). The fourth-order valence-electron chi connectivity index (χ4n) is 1.97. The van der Waals surface area contributed by atoms with E-state index in [1.807, 2.05) is 30.3 Å². The van der Waals surface area contributed by atoms with Crippen LogP contribution < -0.4 is 4.74 Å². The Morgan fingerprint density at radius 2 is 1.83 bits per heavy atom. The number of nitrogens with zero attached hydrogens (tertiary/aromatic N) is 1. The van der Waals surface area contributed by atoms with Gasteiger partial charge in [-0.25, -0.2) is 9.78 Å². The van der Waals surface area contributed by atoms with Crippen LogP contribution in [0.3, 0.4) is 0 Å². The molecular formula is C18H14ClNO4. The zero-order chi connectivity index (χ0) is 16.8. The van der Waals surface area contributed by atoms with Crippen molar-refractivity contribution in [2.45, 2.75) is 6.61 Å². The summed E-state index contributed by atoms with van der Waals surface area (Å²) in [7, 11) is 0. The van der Waals surface area contributed by atoms with Gasteiger partial charge in [0.25, 0.3) is 0 Å². The lowest BCUT2D eigenvalue weighted by Crippen LogP contribution is -2.14. The Hall–Kier alpha value is -2.79. The van der Waals surface area contributed by atoms with Crippen molar-refractivity contribution in [2.24, 2.45) is 0 Å². The van der Waals surface area contributed by atoms with E-state index in [9.17, 15) is 4.79 Å². The van der Waals surface area contributed by atoms with E-state index in [0.29, 0.717) is 22.4 Å². The van der Waals surface area contributed by atoms with Gasteiger partial charge in [-0.3, -0.25) is 0 Å². The molecule has 0 amide bonds. The van der Waals surface area contributed by atoms with Crippen molar-refractivity contribution >= 4 is 17.6 Å². The Balaban J connectivity index is 1.48. The van der Waals surface area contributed by atoms with Crippen LogP contribution in [0.2, 0.25) is 5.02 Å². The molecule has 6 heteroatoms. The molecule has 0 bridgehead atoms. The molecular weight excluding hydrogens is 330 g/mol. The minimum absolute atomic E-state index is 0.0460. The second kappa shape index (κ2) is 7.66. The predicted molar refractivity (Wildman–Crippen MR) is 88.7 cm³/mol. The Labute approximate surface area is 143 Å². The van der Waals surface area contributed by atoms with Crippen LogP contribution in [0, 0.1) is 0 Å². The molecule has 0 saturated heterocycles. The number of oxazole rings is 1. The summed E-state index contributed by atoms with van der Waals surface area (Å²) >= 11 is 5.77. The van der Waals surface area contributed by atoms with E-state index in [1.165, 1.54) is 0 Å². The van der Waals surface area contributed by atoms with Gasteiger partial charge in [0.1, 0.15) is 5.75 Å². The molecule has 24 heavy (non-hydrogen) atoms. The van der Waals surface area contributed by atoms with Crippen molar-refractivity contribution in [1.82, 2.24) is 4.98 Å². The van der Waals surface area contributed by atoms with E-state index < -0.39 is 5.97 Å². The predicted octanol–water partition coefficient (Wildman–Crippen LogP) is 4.12. The highest BCUT2D eigenvalue weighted by Crippen LogP contribution is 2.20. The number of benzene rings is 2. The summed E-state index contributed by atoms with van der Waals surface area (Å²) in [6.45, 7) is -0.246. The Kier molecular flexibility index (Phi) is 5.13. The molecule has 0 atom stereocenters. The van der Waals surface area contributed by atoms with E-state index in [4.69, 9.17) is 25.5 Å². The normalized spacial score (nSPS) is 10.4. The first kappa shape index (κ1) is 16.1. The summed E-state index contributed by atoms with van der Waals surface area (Å²) in [6, 6.07) is 16.3. The summed E-state index contributed by atoms with van der Waals surface area (Å²) < 4.78 is 15.9. The van der Waals surface area contributed by atoms with Crippen molar-refractivity contribution < 1.29 is 18.7 Å². The monoisotopic (exact) mass is 343 g/mol. The fourth-order valence-corrected chi connectivity index (χ4v) is 2.10. The molecule has 0 aliphatic heterocycles. The third kappa shape index (κ3) is 4.36. The molecule has 3 aromatic rings. The second-order valence-electron chi connectivity index (χ2n) is 4.89. The minimum atomic E-state index is -0.510. The maximum Gasteiger partial charge on any atom is 0.344 e. The van der Waals surface area contributed by atoms with E-state index in [1.54, 1.807) is 30.5 Å². The molecule has 0 aliphatic rings. The second-order valence-corrected chi connectivity index (χ2v) is 5.32. The molecule has 122 valence electrons. The molecule has 0 fully saturated rings. The number of esters is 1. The Bertz CT molecular complexity index is 799. The number of carbonyl (C=O) groups is 1. The van der Waals surface area contributed by atoms with Gasteiger partial charge in [0.05, 0.1) is 6.20 Å². The minimum Gasteiger partial charge on any atom is -0.482 e. The van der Waals surface area contributed by atoms with E-state index in [2.05, 4.69) is 4.98 Å². The SMILES string of the molecule is O=C(COc1ccc(Cl)cc1)OCc1ncc(-c2ccccc2)o1. The van der Waals surface area contributed by atoms with Gasteiger partial charge >= 0.3 is 5.97 Å². The maximum absolute atomic E-state index is 11.7. The van der Waals surface area contributed by atoms with Crippen LogP contribution in [-0.4, -0.2) is 17.6 Å². The molecule has 1 heterocycles. The van der Waals surface area contributed by atoms with E-state index in [0.717, 1.165) is 5.56 Å². The standard InChI is InChI=1S/C18H14ClNO4/c19-14-6-8-15(9-7-14)22-12-18(21)23-11-17-20-10-16(24-17)13-4-2-1-3-5-13/h1-10H,11-12H2. The molecule has 5 nitrogen and oxygen atoms in total. The van der Waals surface area contributed by atoms with Crippen LogP contribution in [0.25, 0.3) is 11.3 Å². The quantitative estimate of drug-likeness (QED) is 0.630. The number of hydrogen-bond acceptors (Lipinski definition) is 5. The van der Waals surface area contributed by atoms with Gasteiger partial charge in [0, 0.05) is 10.6 Å². The average molecular weight is 344 g/mol. The van der Waals surface area contributed by atoms with Crippen LogP contribution in [0.15, 0.2) is 65.2 Å². The van der Waals surface area contributed by atoms with Crippen molar-refractivity contribution in [1.29, 1.82) is 0 Å². The van der Waals surface area contributed by atoms with Gasteiger partial charge in [-0.05, 0) is 24.3 Å². The molecule has 0 saturated carbocycles. The summed E-state index contributed by atoms with van der Waals surface area (Å²) in [5.74, 6) is 0.982. The van der Waals surface area contributed by atoms with Crippen LogP contribution in [0.1, 0.15) is 5.89 Å². The highest BCUT2D eigenvalue weighted by Gasteiger charge is 2.10.